The van der Waals surface area contributed by atoms with Crippen molar-refractivity contribution >= 4 is 17.6 Å². The average molecular weight is 303 g/mol. The van der Waals surface area contributed by atoms with Crippen molar-refractivity contribution in [2.24, 2.45) is 0 Å². The zero-order chi connectivity index (χ0) is 15.9. The van der Waals surface area contributed by atoms with Crippen LogP contribution < -0.4 is 10.6 Å². The number of hydrogen-bond acceptors (Lipinski definition) is 4. The van der Waals surface area contributed by atoms with E-state index in [2.05, 4.69) is 15.6 Å². The summed E-state index contributed by atoms with van der Waals surface area (Å²) >= 11 is 0. The number of nitrogens with zero attached hydrogens (tertiary/aromatic N) is 1. The number of ether oxygens (including phenoxy) is 1. The van der Waals surface area contributed by atoms with E-state index >= 15 is 0 Å². The fourth-order valence-electron chi connectivity index (χ4n) is 1.66. The molecule has 0 saturated heterocycles. The normalized spacial score (nSPS) is 10.1. The third-order valence-corrected chi connectivity index (χ3v) is 2.71. The van der Waals surface area contributed by atoms with Gasteiger partial charge in [-0.3, -0.25) is 15.1 Å². The Morgan fingerprint density at radius 3 is 2.50 bits per heavy atom. The molecule has 0 saturated carbocycles. The van der Waals surface area contributed by atoms with Gasteiger partial charge in [-0.05, 0) is 36.4 Å². The lowest BCUT2D eigenvalue weighted by molar-refractivity contribution is 0.0966. The third-order valence-electron chi connectivity index (χ3n) is 2.71. The van der Waals surface area contributed by atoms with Gasteiger partial charge in [-0.1, -0.05) is 0 Å². The van der Waals surface area contributed by atoms with Gasteiger partial charge in [0.1, 0.15) is 5.82 Å². The standard InChI is InChI=1S/C15H14FN3O3/c1-22-9-13-5-2-10(8-17-13)14(20)19-15(21)18-12-6-3-11(16)4-7-12/h2-8H,9H2,1H3,(H2,18,19,20,21). The van der Waals surface area contributed by atoms with Crippen molar-refractivity contribution in [3.05, 3.63) is 59.7 Å². The molecule has 2 rings (SSSR count). The Morgan fingerprint density at radius 1 is 1.18 bits per heavy atom. The Balaban J connectivity index is 1.93. The number of hydrogen-bond donors (Lipinski definition) is 2. The first-order chi connectivity index (χ1) is 10.6. The number of halogens is 1. The lowest BCUT2D eigenvalue weighted by Crippen LogP contribution is -2.34. The second kappa shape index (κ2) is 7.28. The predicted molar refractivity (Wildman–Crippen MR) is 77.8 cm³/mol. The zero-order valence-corrected chi connectivity index (χ0v) is 11.8. The maximum Gasteiger partial charge on any atom is 0.326 e. The molecule has 2 aromatic rings. The number of benzene rings is 1. The molecule has 0 aliphatic heterocycles. The molecule has 0 aliphatic rings. The number of amides is 3. The van der Waals surface area contributed by atoms with Crippen molar-refractivity contribution in [3.63, 3.8) is 0 Å². The summed E-state index contributed by atoms with van der Waals surface area (Å²) in [6, 6.07) is 7.66. The molecular weight excluding hydrogens is 289 g/mol. The summed E-state index contributed by atoms with van der Waals surface area (Å²) < 4.78 is 17.7. The number of urea groups is 1. The van der Waals surface area contributed by atoms with Crippen LogP contribution in [0.4, 0.5) is 14.9 Å². The van der Waals surface area contributed by atoms with Crippen LogP contribution in [0.5, 0.6) is 0 Å². The van der Waals surface area contributed by atoms with E-state index in [0.717, 1.165) is 0 Å². The van der Waals surface area contributed by atoms with Crippen molar-refractivity contribution in [2.45, 2.75) is 6.61 Å². The molecule has 0 radical (unpaired) electrons. The van der Waals surface area contributed by atoms with E-state index in [-0.39, 0.29) is 5.56 Å². The fourth-order valence-corrected chi connectivity index (χ4v) is 1.66. The summed E-state index contributed by atoms with van der Waals surface area (Å²) in [4.78, 5) is 27.6. The van der Waals surface area contributed by atoms with Gasteiger partial charge in [0.25, 0.3) is 5.91 Å². The van der Waals surface area contributed by atoms with E-state index in [4.69, 9.17) is 4.74 Å². The number of aromatic nitrogens is 1. The van der Waals surface area contributed by atoms with Crippen LogP contribution in [0.25, 0.3) is 0 Å². The Morgan fingerprint density at radius 2 is 1.91 bits per heavy atom. The molecule has 114 valence electrons. The van der Waals surface area contributed by atoms with Crippen molar-refractivity contribution in [3.8, 4) is 0 Å². The summed E-state index contributed by atoms with van der Waals surface area (Å²) in [6.07, 6.45) is 1.36. The molecule has 0 fully saturated rings. The first-order valence-electron chi connectivity index (χ1n) is 6.40. The van der Waals surface area contributed by atoms with E-state index in [9.17, 15) is 14.0 Å². The number of anilines is 1. The van der Waals surface area contributed by atoms with Gasteiger partial charge < -0.3 is 10.1 Å². The topological polar surface area (TPSA) is 80.3 Å². The first-order valence-corrected chi connectivity index (χ1v) is 6.40. The lowest BCUT2D eigenvalue weighted by Gasteiger charge is -2.07. The largest absolute Gasteiger partial charge is 0.378 e. The van der Waals surface area contributed by atoms with Crippen molar-refractivity contribution in [1.82, 2.24) is 10.3 Å². The molecule has 3 amide bonds. The van der Waals surface area contributed by atoms with Crippen molar-refractivity contribution in [1.29, 1.82) is 0 Å². The minimum Gasteiger partial charge on any atom is -0.378 e. The van der Waals surface area contributed by atoms with Gasteiger partial charge in [0.05, 0.1) is 17.9 Å². The van der Waals surface area contributed by atoms with Crippen LogP contribution in [0.1, 0.15) is 16.1 Å². The molecule has 0 spiro atoms. The average Bonchev–Trinajstić information content (AvgIpc) is 2.50. The summed E-state index contributed by atoms with van der Waals surface area (Å²) in [6.45, 7) is 0.340. The highest BCUT2D eigenvalue weighted by molar-refractivity contribution is 6.07. The van der Waals surface area contributed by atoms with E-state index in [0.29, 0.717) is 18.0 Å². The van der Waals surface area contributed by atoms with Crippen LogP contribution in [0.15, 0.2) is 42.6 Å². The second-order valence-corrected chi connectivity index (χ2v) is 4.39. The second-order valence-electron chi connectivity index (χ2n) is 4.39. The highest BCUT2D eigenvalue weighted by atomic mass is 19.1. The summed E-state index contributed by atoms with van der Waals surface area (Å²) in [7, 11) is 1.54. The number of imide groups is 1. The van der Waals surface area contributed by atoms with Gasteiger partial charge in [0.2, 0.25) is 0 Å². The molecule has 1 aromatic heterocycles. The third kappa shape index (κ3) is 4.35. The number of rotatable bonds is 4. The van der Waals surface area contributed by atoms with Gasteiger partial charge in [-0.15, -0.1) is 0 Å². The van der Waals surface area contributed by atoms with Crippen LogP contribution in [-0.2, 0) is 11.3 Å². The predicted octanol–water partition coefficient (Wildman–Crippen LogP) is 2.33. The van der Waals surface area contributed by atoms with Crippen LogP contribution >= 0.6 is 0 Å². The molecular formula is C15H14FN3O3. The van der Waals surface area contributed by atoms with Gasteiger partial charge in [-0.25, -0.2) is 9.18 Å². The first kappa shape index (κ1) is 15.6. The van der Waals surface area contributed by atoms with Crippen LogP contribution in [0, 0.1) is 5.82 Å². The molecule has 0 unspecified atom stereocenters. The quantitative estimate of drug-likeness (QED) is 0.908. The Bertz CT molecular complexity index is 657. The number of methoxy groups -OCH3 is 1. The van der Waals surface area contributed by atoms with Gasteiger partial charge >= 0.3 is 6.03 Å². The maximum absolute atomic E-state index is 12.7. The summed E-state index contributed by atoms with van der Waals surface area (Å²) in [5.74, 6) is -1.000. The van der Waals surface area contributed by atoms with Gasteiger partial charge in [-0.2, -0.15) is 0 Å². The molecule has 0 bridgehead atoms. The highest BCUT2D eigenvalue weighted by Crippen LogP contribution is 2.08. The molecule has 1 heterocycles. The van der Waals surface area contributed by atoms with E-state index in [1.165, 1.54) is 30.5 Å². The Labute approximate surface area is 126 Å². The van der Waals surface area contributed by atoms with Crippen LogP contribution in [0.2, 0.25) is 0 Å². The maximum atomic E-state index is 12.7. The van der Waals surface area contributed by atoms with Crippen molar-refractivity contribution in [2.75, 3.05) is 12.4 Å². The number of nitrogens with one attached hydrogen (secondary N) is 2. The molecule has 22 heavy (non-hydrogen) atoms. The summed E-state index contributed by atoms with van der Waals surface area (Å²) in [5, 5.41) is 4.58. The number of pyridine rings is 1. The molecule has 7 heteroatoms. The Hall–Kier alpha value is -2.80. The highest BCUT2D eigenvalue weighted by Gasteiger charge is 2.11. The SMILES string of the molecule is COCc1ccc(C(=O)NC(=O)Nc2ccc(F)cc2)cn1. The minimum absolute atomic E-state index is 0.245. The monoisotopic (exact) mass is 303 g/mol. The lowest BCUT2D eigenvalue weighted by atomic mass is 10.2. The summed E-state index contributed by atoms with van der Waals surface area (Å²) in [5.41, 5.74) is 1.30. The smallest absolute Gasteiger partial charge is 0.326 e. The van der Waals surface area contributed by atoms with E-state index < -0.39 is 17.8 Å². The number of carbonyl (C=O) groups is 2. The zero-order valence-electron chi connectivity index (χ0n) is 11.8. The molecule has 6 nitrogen and oxygen atoms in total. The van der Waals surface area contributed by atoms with E-state index in [1.54, 1.807) is 19.2 Å². The van der Waals surface area contributed by atoms with Gasteiger partial charge in [0, 0.05) is 19.0 Å². The Kier molecular flexibility index (Phi) is 5.16. The molecule has 0 atom stereocenters. The van der Waals surface area contributed by atoms with Crippen LogP contribution in [0.3, 0.4) is 0 Å². The van der Waals surface area contributed by atoms with Crippen LogP contribution in [-0.4, -0.2) is 24.0 Å². The fraction of sp³-hybridized carbons (Fsp3) is 0.133. The van der Waals surface area contributed by atoms with Gasteiger partial charge in [0.15, 0.2) is 0 Å². The van der Waals surface area contributed by atoms with E-state index in [1.807, 2.05) is 0 Å². The molecule has 2 N–H and O–H groups in total. The number of carbonyl (C=O) groups excluding carboxylic acids is 2. The molecule has 1 aromatic carbocycles. The van der Waals surface area contributed by atoms with Crippen molar-refractivity contribution < 1.29 is 18.7 Å². The minimum atomic E-state index is -0.711. The molecule has 0 aliphatic carbocycles.